The number of nitrogens with zero attached hydrogens (tertiary/aromatic N) is 1. The quantitative estimate of drug-likeness (QED) is 0.853. The molecule has 1 heterocycles. The molecule has 2 N–H and O–H groups in total. The molecule has 1 aromatic heterocycles. The summed E-state index contributed by atoms with van der Waals surface area (Å²) in [5.41, 5.74) is 2.87. The van der Waals surface area contributed by atoms with Crippen molar-refractivity contribution in [2.45, 2.75) is 39.0 Å². The molecule has 94 valence electrons. The lowest BCUT2D eigenvalue weighted by Gasteiger charge is -2.11. The number of anilines is 1. The summed E-state index contributed by atoms with van der Waals surface area (Å²) in [5.74, 6) is -0.132. The van der Waals surface area contributed by atoms with E-state index in [9.17, 15) is 9.59 Å². The summed E-state index contributed by atoms with van der Waals surface area (Å²) >= 11 is 0. The van der Waals surface area contributed by atoms with Crippen molar-refractivity contribution < 1.29 is 9.59 Å². The van der Waals surface area contributed by atoms with Gasteiger partial charge in [-0.15, -0.1) is 0 Å². The molecule has 0 aliphatic heterocycles. The number of hydrogen-bond acceptors (Lipinski definition) is 3. The zero-order valence-electron chi connectivity index (χ0n) is 10.3. The fraction of sp³-hybridized carbons (Fsp3) is 0.462. The Morgan fingerprint density at radius 2 is 2.28 bits per heavy atom. The van der Waals surface area contributed by atoms with Crippen LogP contribution in [0.25, 0.3) is 0 Å². The number of carbonyl (C=O) groups is 2. The van der Waals surface area contributed by atoms with E-state index in [0.717, 1.165) is 24.2 Å². The van der Waals surface area contributed by atoms with Crippen LogP contribution in [0.1, 0.15) is 47.9 Å². The van der Waals surface area contributed by atoms with Gasteiger partial charge in [-0.3, -0.25) is 9.59 Å². The van der Waals surface area contributed by atoms with Crippen LogP contribution in [0.15, 0.2) is 0 Å². The van der Waals surface area contributed by atoms with Crippen molar-refractivity contribution in [3.8, 4) is 6.07 Å². The highest BCUT2D eigenvalue weighted by Gasteiger charge is 2.26. The van der Waals surface area contributed by atoms with E-state index < -0.39 is 0 Å². The van der Waals surface area contributed by atoms with Crippen LogP contribution in [0, 0.1) is 11.3 Å². The van der Waals surface area contributed by atoms with Crippen molar-refractivity contribution >= 4 is 17.4 Å². The number of H-pyrrole nitrogens is 1. The van der Waals surface area contributed by atoms with Crippen LogP contribution >= 0.6 is 0 Å². The van der Waals surface area contributed by atoms with Gasteiger partial charge in [0.1, 0.15) is 0 Å². The van der Waals surface area contributed by atoms with E-state index in [0.29, 0.717) is 30.5 Å². The molecule has 0 atom stereocenters. The third-order valence-corrected chi connectivity index (χ3v) is 3.05. The average molecular weight is 245 g/mol. The van der Waals surface area contributed by atoms with Gasteiger partial charge in [0.05, 0.1) is 17.3 Å². The second-order valence-electron chi connectivity index (χ2n) is 4.45. The Morgan fingerprint density at radius 3 is 2.94 bits per heavy atom. The maximum absolute atomic E-state index is 11.9. The molecule has 1 aliphatic carbocycles. The van der Waals surface area contributed by atoms with Crippen molar-refractivity contribution in [3.63, 3.8) is 0 Å². The zero-order valence-corrected chi connectivity index (χ0v) is 10.3. The fourth-order valence-corrected chi connectivity index (χ4v) is 2.34. The number of rotatable bonds is 3. The summed E-state index contributed by atoms with van der Waals surface area (Å²) in [6.07, 6.45) is 3.06. The molecule has 0 fully saturated rings. The third-order valence-electron chi connectivity index (χ3n) is 3.05. The first-order valence-electron chi connectivity index (χ1n) is 6.05. The lowest BCUT2D eigenvalue weighted by Crippen LogP contribution is -2.14. The van der Waals surface area contributed by atoms with Gasteiger partial charge in [0, 0.05) is 37.6 Å². The van der Waals surface area contributed by atoms with Gasteiger partial charge in [0.2, 0.25) is 5.91 Å². The minimum absolute atomic E-state index is 0.0689. The molecule has 1 aliphatic rings. The summed E-state index contributed by atoms with van der Waals surface area (Å²) < 4.78 is 0. The molecule has 2 rings (SSSR count). The number of fused-ring (bicyclic) bond motifs is 1. The highest BCUT2D eigenvalue weighted by Crippen LogP contribution is 2.31. The molecule has 1 aromatic rings. The van der Waals surface area contributed by atoms with Crippen molar-refractivity contribution in [1.82, 2.24) is 4.98 Å². The van der Waals surface area contributed by atoms with E-state index in [1.807, 2.05) is 0 Å². The molecule has 1 amide bonds. The Bertz CT molecular complexity index is 537. The van der Waals surface area contributed by atoms with E-state index in [2.05, 4.69) is 16.4 Å². The van der Waals surface area contributed by atoms with E-state index in [-0.39, 0.29) is 11.7 Å². The first kappa shape index (κ1) is 12.4. The Kier molecular flexibility index (Phi) is 3.47. The lowest BCUT2D eigenvalue weighted by molar-refractivity contribution is -0.114. The number of aryl methyl sites for hydroxylation is 2. The summed E-state index contributed by atoms with van der Waals surface area (Å²) in [5, 5.41) is 11.4. The number of Topliss-reactive ketones (excluding diaryl/α,β-unsaturated/α-hetero) is 1. The van der Waals surface area contributed by atoms with Crippen molar-refractivity contribution in [2.75, 3.05) is 5.32 Å². The number of aromatic amines is 1. The maximum Gasteiger partial charge on any atom is 0.221 e. The van der Waals surface area contributed by atoms with Crippen LogP contribution in [0.4, 0.5) is 5.69 Å². The summed E-state index contributed by atoms with van der Waals surface area (Å²) in [7, 11) is 0. The molecule has 0 spiro atoms. The van der Waals surface area contributed by atoms with Crippen LogP contribution in [0.2, 0.25) is 0 Å². The first-order chi connectivity index (χ1) is 8.63. The van der Waals surface area contributed by atoms with Crippen molar-refractivity contribution in [1.29, 1.82) is 5.26 Å². The molecular weight excluding hydrogens is 230 g/mol. The number of hydrogen-bond donors (Lipinski definition) is 2. The molecule has 0 saturated carbocycles. The SMILES string of the molecule is CC(=O)Nc1c(CCC#N)[nH]c2c1C(=O)CCC2. The monoisotopic (exact) mass is 245 g/mol. The van der Waals surface area contributed by atoms with Crippen LogP contribution in [-0.4, -0.2) is 16.7 Å². The smallest absolute Gasteiger partial charge is 0.221 e. The molecule has 18 heavy (non-hydrogen) atoms. The largest absolute Gasteiger partial charge is 0.360 e. The van der Waals surface area contributed by atoms with Crippen LogP contribution in [0.5, 0.6) is 0 Å². The van der Waals surface area contributed by atoms with Crippen molar-refractivity contribution in [3.05, 3.63) is 17.0 Å². The van der Waals surface area contributed by atoms with Crippen LogP contribution in [0.3, 0.4) is 0 Å². The van der Waals surface area contributed by atoms with E-state index >= 15 is 0 Å². The van der Waals surface area contributed by atoms with Gasteiger partial charge in [0.25, 0.3) is 0 Å². The molecule has 0 saturated heterocycles. The number of amides is 1. The maximum atomic E-state index is 11.9. The Balaban J connectivity index is 2.43. The van der Waals surface area contributed by atoms with Gasteiger partial charge in [-0.25, -0.2) is 0 Å². The zero-order chi connectivity index (χ0) is 13.1. The number of aromatic nitrogens is 1. The molecule has 5 heteroatoms. The Morgan fingerprint density at radius 1 is 1.50 bits per heavy atom. The second kappa shape index (κ2) is 5.05. The van der Waals surface area contributed by atoms with E-state index in [4.69, 9.17) is 5.26 Å². The van der Waals surface area contributed by atoms with Crippen LogP contribution < -0.4 is 5.32 Å². The molecule has 0 unspecified atom stereocenters. The van der Waals surface area contributed by atoms with Gasteiger partial charge >= 0.3 is 0 Å². The highest BCUT2D eigenvalue weighted by atomic mass is 16.1. The third kappa shape index (κ3) is 2.28. The predicted molar refractivity (Wildman–Crippen MR) is 66.3 cm³/mol. The molecule has 5 nitrogen and oxygen atoms in total. The molecule has 0 bridgehead atoms. The highest BCUT2D eigenvalue weighted by molar-refractivity contribution is 6.07. The van der Waals surface area contributed by atoms with Gasteiger partial charge in [-0.1, -0.05) is 0 Å². The van der Waals surface area contributed by atoms with Gasteiger partial charge in [-0.2, -0.15) is 5.26 Å². The molecule has 0 aromatic carbocycles. The van der Waals surface area contributed by atoms with Crippen LogP contribution in [-0.2, 0) is 17.6 Å². The van der Waals surface area contributed by atoms with Gasteiger partial charge in [-0.05, 0) is 12.8 Å². The Hall–Kier alpha value is -2.09. The van der Waals surface area contributed by atoms with Crippen molar-refractivity contribution in [2.24, 2.45) is 0 Å². The molecule has 0 radical (unpaired) electrons. The fourth-order valence-electron chi connectivity index (χ4n) is 2.34. The van der Waals surface area contributed by atoms with Gasteiger partial charge in [0.15, 0.2) is 5.78 Å². The normalized spacial score (nSPS) is 13.9. The number of carbonyl (C=O) groups excluding carboxylic acids is 2. The van der Waals surface area contributed by atoms with E-state index in [1.165, 1.54) is 6.92 Å². The summed E-state index contributed by atoms with van der Waals surface area (Å²) in [4.78, 5) is 26.4. The standard InChI is InChI=1S/C13H15N3O2/c1-8(17)15-13-10(5-3-7-14)16-9-4-2-6-11(18)12(9)13/h16H,2-6H2,1H3,(H,15,17). The summed E-state index contributed by atoms with van der Waals surface area (Å²) in [6.45, 7) is 1.42. The van der Waals surface area contributed by atoms with E-state index in [1.54, 1.807) is 0 Å². The molecular formula is C13H15N3O2. The first-order valence-corrected chi connectivity index (χ1v) is 6.05. The second-order valence-corrected chi connectivity index (χ2v) is 4.45. The average Bonchev–Trinajstić information content (AvgIpc) is 2.65. The Labute approximate surface area is 105 Å². The number of nitriles is 1. The van der Waals surface area contributed by atoms with Gasteiger partial charge < -0.3 is 10.3 Å². The number of nitrogens with one attached hydrogen (secondary N) is 2. The minimum Gasteiger partial charge on any atom is -0.360 e. The minimum atomic E-state index is -0.201. The summed E-state index contributed by atoms with van der Waals surface area (Å²) in [6, 6.07) is 2.07. The topological polar surface area (TPSA) is 85.8 Å². The number of ketones is 1. The lowest BCUT2D eigenvalue weighted by atomic mass is 9.95. The predicted octanol–water partition coefficient (Wildman–Crippen LogP) is 1.95.